The molecule has 8 heteroatoms. The topological polar surface area (TPSA) is 90.5 Å². The number of urea groups is 1. The molecule has 3 aromatic carbocycles. The first-order chi connectivity index (χ1) is 15.4. The molecule has 1 fully saturated rings. The Kier molecular flexibility index (Phi) is 5.85. The van der Waals surface area contributed by atoms with Crippen molar-refractivity contribution in [2.75, 3.05) is 28.6 Å². The van der Waals surface area contributed by atoms with Gasteiger partial charge >= 0.3 is 6.03 Å². The number of carbonyl (C=O) groups excluding carboxylic acids is 3. The lowest BCUT2D eigenvalue weighted by Gasteiger charge is -2.17. The number of amides is 4. The summed E-state index contributed by atoms with van der Waals surface area (Å²) in [5.41, 5.74) is 3.10. The lowest BCUT2D eigenvalue weighted by molar-refractivity contribution is 0.101. The molecule has 4 amide bonds. The monoisotopic (exact) mass is 432 g/mol. The molecule has 32 heavy (non-hydrogen) atoms. The fourth-order valence-electron chi connectivity index (χ4n) is 3.51. The van der Waals surface area contributed by atoms with Crippen molar-refractivity contribution < 1.29 is 18.8 Å². The number of hydrogen-bond acceptors (Lipinski definition) is 3. The van der Waals surface area contributed by atoms with Crippen molar-refractivity contribution >= 4 is 34.9 Å². The van der Waals surface area contributed by atoms with Gasteiger partial charge in [0.25, 0.3) is 11.8 Å². The highest BCUT2D eigenvalue weighted by Gasteiger charge is 2.23. The Morgan fingerprint density at radius 3 is 2.19 bits per heavy atom. The predicted octanol–water partition coefficient (Wildman–Crippen LogP) is 4.17. The Hall–Kier alpha value is -4.20. The highest BCUT2D eigenvalue weighted by Crippen LogP contribution is 2.23. The van der Waals surface area contributed by atoms with Crippen molar-refractivity contribution in [1.82, 2.24) is 5.32 Å². The average Bonchev–Trinajstić information content (AvgIpc) is 3.19. The van der Waals surface area contributed by atoms with Gasteiger partial charge in [0.2, 0.25) is 0 Å². The number of hydrogen-bond donors (Lipinski definition) is 3. The quantitative estimate of drug-likeness (QED) is 0.565. The highest BCUT2D eigenvalue weighted by atomic mass is 19.1. The van der Waals surface area contributed by atoms with Gasteiger partial charge in [0.05, 0.1) is 0 Å². The van der Waals surface area contributed by atoms with Gasteiger partial charge in [0, 0.05) is 41.3 Å². The van der Waals surface area contributed by atoms with Crippen LogP contribution in [0.2, 0.25) is 0 Å². The van der Waals surface area contributed by atoms with E-state index in [0.717, 1.165) is 11.3 Å². The average molecular weight is 432 g/mol. The van der Waals surface area contributed by atoms with E-state index < -0.39 is 11.7 Å². The van der Waals surface area contributed by atoms with Crippen molar-refractivity contribution in [3.8, 4) is 0 Å². The number of halogens is 1. The number of nitrogens with one attached hydrogen (secondary N) is 3. The van der Waals surface area contributed by atoms with Crippen LogP contribution in [-0.2, 0) is 0 Å². The summed E-state index contributed by atoms with van der Waals surface area (Å²) in [7, 11) is 0. The summed E-state index contributed by atoms with van der Waals surface area (Å²) in [6, 6.07) is 17.0. The fraction of sp³-hybridized carbons (Fsp3) is 0.125. The standard InChI is InChI=1S/C24H21FN4O3/c1-15-12-17(8-9-21(15)29-11-10-26-24(29)32)23(31)27-19-6-2-4-16(13-19)22(30)28-20-7-3-5-18(25)14-20/h2-9,12-14H,10-11H2,1H3,(H,26,32)(H,27,31)(H,28,30). The van der Waals surface area contributed by atoms with E-state index in [9.17, 15) is 18.8 Å². The summed E-state index contributed by atoms with van der Waals surface area (Å²) < 4.78 is 13.3. The molecular weight excluding hydrogens is 411 g/mol. The number of nitrogens with zero attached hydrogens (tertiary/aromatic N) is 1. The Labute approximate surface area is 184 Å². The molecule has 1 saturated heterocycles. The number of benzene rings is 3. The number of anilines is 3. The maximum absolute atomic E-state index is 13.3. The summed E-state index contributed by atoms with van der Waals surface area (Å²) in [4.78, 5) is 38.7. The summed E-state index contributed by atoms with van der Waals surface area (Å²) in [5.74, 6) is -1.21. The minimum Gasteiger partial charge on any atom is -0.336 e. The van der Waals surface area contributed by atoms with Gasteiger partial charge in [-0.15, -0.1) is 0 Å². The molecule has 0 saturated carbocycles. The Morgan fingerprint density at radius 2 is 1.56 bits per heavy atom. The summed E-state index contributed by atoms with van der Waals surface area (Å²) in [5, 5.41) is 8.16. The normalized spacial score (nSPS) is 12.9. The second kappa shape index (κ2) is 8.89. The van der Waals surface area contributed by atoms with Crippen molar-refractivity contribution in [3.63, 3.8) is 0 Å². The second-order valence-corrected chi connectivity index (χ2v) is 7.38. The van der Waals surface area contributed by atoms with Crippen LogP contribution in [0.1, 0.15) is 26.3 Å². The van der Waals surface area contributed by atoms with E-state index in [1.807, 2.05) is 6.92 Å². The van der Waals surface area contributed by atoms with Crippen LogP contribution in [0.15, 0.2) is 66.7 Å². The maximum atomic E-state index is 13.3. The van der Waals surface area contributed by atoms with Crippen molar-refractivity contribution in [2.24, 2.45) is 0 Å². The van der Waals surface area contributed by atoms with E-state index in [2.05, 4.69) is 16.0 Å². The van der Waals surface area contributed by atoms with Crippen LogP contribution in [0.25, 0.3) is 0 Å². The zero-order valence-electron chi connectivity index (χ0n) is 17.3. The van der Waals surface area contributed by atoms with E-state index >= 15 is 0 Å². The molecule has 0 radical (unpaired) electrons. The zero-order chi connectivity index (χ0) is 22.7. The van der Waals surface area contributed by atoms with E-state index in [0.29, 0.717) is 35.6 Å². The Bertz CT molecular complexity index is 1210. The van der Waals surface area contributed by atoms with Gasteiger partial charge in [-0.2, -0.15) is 0 Å². The molecule has 0 bridgehead atoms. The van der Waals surface area contributed by atoms with Crippen molar-refractivity contribution in [1.29, 1.82) is 0 Å². The molecule has 0 spiro atoms. The minimum absolute atomic E-state index is 0.154. The van der Waals surface area contributed by atoms with Gasteiger partial charge in [-0.25, -0.2) is 9.18 Å². The molecule has 1 aliphatic rings. The maximum Gasteiger partial charge on any atom is 0.322 e. The van der Waals surface area contributed by atoms with Gasteiger partial charge in [-0.3, -0.25) is 14.5 Å². The second-order valence-electron chi connectivity index (χ2n) is 7.38. The van der Waals surface area contributed by atoms with E-state index in [4.69, 9.17) is 0 Å². The number of carbonyl (C=O) groups is 3. The first-order valence-corrected chi connectivity index (χ1v) is 10.0. The first-order valence-electron chi connectivity index (χ1n) is 10.0. The van der Waals surface area contributed by atoms with Gasteiger partial charge in [-0.05, 0) is 67.1 Å². The van der Waals surface area contributed by atoms with Crippen LogP contribution in [0.3, 0.4) is 0 Å². The third-order valence-electron chi connectivity index (χ3n) is 5.07. The SMILES string of the molecule is Cc1cc(C(=O)Nc2cccc(C(=O)Nc3cccc(F)c3)c2)ccc1N1CCNC1=O. The zero-order valence-corrected chi connectivity index (χ0v) is 17.3. The smallest absolute Gasteiger partial charge is 0.322 e. The lowest BCUT2D eigenvalue weighted by Crippen LogP contribution is -2.28. The Morgan fingerprint density at radius 1 is 0.906 bits per heavy atom. The largest absolute Gasteiger partial charge is 0.336 e. The van der Waals surface area contributed by atoms with Gasteiger partial charge in [0.15, 0.2) is 0 Å². The Balaban J connectivity index is 1.46. The van der Waals surface area contributed by atoms with Gasteiger partial charge in [0.1, 0.15) is 5.82 Å². The minimum atomic E-state index is -0.449. The van der Waals surface area contributed by atoms with Crippen LogP contribution >= 0.6 is 0 Å². The molecule has 7 nitrogen and oxygen atoms in total. The summed E-state index contributed by atoms with van der Waals surface area (Å²) in [6.07, 6.45) is 0. The molecule has 0 unspecified atom stereocenters. The van der Waals surface area contributed by atoms with Crippen LogP contribution in [0.5, 0.6) is 0 Å². The molecule has 0 aromatic heterocycles. The number of aryl methyl sites for hydroxylation is 1. The van der Waals surface area contributed by atoms with E-state index in [1.165, 1.54) is 18.2 Å². The predicted molar refractivity (Wildman–Crippen MR) is 121 cm³/mol. The molecule has 4 rings (SSSR count). The van der Waals surface area contributed by atoms with E-state index in [1.54, 1.807) is 53.4 Å². The molecule has 0 aliphatic carbocycles. The van der Waals surface area contributed by atoms with Gasteiger partial charge < -0.3 is 16.0 Å². The summed E-state index contributed by atoms with van der Waals surface area (Å²) >= 11 is 0. The first kappa shape index (κ1) is 21.0. The molecular formula is C24H21FN4O3. The molecule has 3 aromatic rings. The third-order valence-corrected chi connectivity index (χ3v) is 5.07. The molecule has 3 N–H and O–H groups in total. The van der Waals surface area contributed by atoms with E-state index in [-0.39, 0.29) is 11.9 Å². The molecule has 0 atom stereocenters. The third kappa shape index (κ3) is 4.59. The number of rotatable bonds is 5. The lowest BCUT2D eigenvalue weighted by atomic mass is 10.1. The van der Waals surface area contributed by atoms with Crippen molar-refractivity contribution in [2.45, 2.75) is 6.92 Å². The summed E-state index contributed by atoms with van der Waals surface area (Å²) in [6.45, 7) is 3.01. The van der Waals surface area contributed by atoms with Crippen LogP contribution in [0.4, 0.5) is 26.2 Å². The van der Waals surface area contributed by atoms with Gasteiger partial charge in [-0.1, -0.05) is 12.1 Å². The van der Waals surface area contributed by atoms with Crippen LogP contribution in [0, 0.1) is 12.7 Å². The molecule has 162 valence electrons. The highest BCUT2D eigenvalue weighted by molar-refractivity contribution is 6.07. The van der Waals surface area contributed by atoms with Crippen LogP contribution in [-0.4, -0.2) is 30.9 Å². The molecule has 1 heterocycles. The molecule has 1 aliphatic heterocycles. The fourth-order valence-corrected chi connectivity index (χ4v) is 3.51. The van der Waals surface area contributed by atoms with Crippen molar-refractivity contribution in [3.05, 3.63) is 89.2 Å². The van der Waals surface area contributed by atoms with Crippen LogP contribution < -0.4 is 20.9 Å².